The summed E-state index contributed by atoms with van der Waals surface area (Å²) in [6.45, 7) is 1.82. The van der Waals surface area contributed by atoms with Gasteiger partial charge in [-0.1, -0.05) is 36.4 Å². The maximum absolute atomic E-state index is 12.2. The second-order valence-electron chi connectivity index (χ2n) is 6.63. The largest absolute Gasteiger partial charge is 0.493 e. The normalized spacial score (nSPS) is 10.4. The van der Waals surface area contributed by atoms with E-state index in [0.29, 0.717) is 22.6 Å². The molecule has 0 atom stereocenters. The number of benzene rings is 3. The number of nitrogens with zero attached hydrogens (tertiary/aromatic N) is 1. The molecule has 0 saturated heterocycles. The number of methoxy groups -OCH3 is 1. The minimum absolute atomic E-state index is 0.236. The average Bonchev–Trinajstić information content (AvgIpc) is 2.81. The fourth-order valence-electron chi connectivity index (χ4n) is 2.69. The Morgan fingerprint density at radius 2 is 1.59 bits per heavy atom. The molecule has 2 amide bonds. The Labute approximate surface area is 184 Å². The standard InChI is InChI=1S/C24H21N3O5/c1-16-8-6-7-11-19(16)26-22(28)23(29)27-25-15-17-12-13-20(21(14-17)31-2)32-24(30)18-9-4-3-5-10-18/h3-15H,1-2H3,(H,26,28)(H,27,29)/b25-15-. The Morgan fingerprint density at radius 3 is 2.31 bits per heavy atom. The minimum Gasteiger partial charge on any atom is -0.493 e. The first-order valence-electron chi connectivity index (χ1n) is 9.63. The molecule has 0 saturated carbocycles. The number of aryl methyl sites for hydroxylation is 1. The fraction of sp³-hybridized carbons (Fsp3) is 0.0833. The van der Waals surface area contributed by atoms with Crippen LogP contribution in [0, 0.1) is 6.92 Å². The SMILES string of the molecule is COc1cc(/C=N\NC(=O)C(=O)Nc2ccccc2C)ccc1OC(=O)c1ccccc1. The third-order valence-electron chi connectivity index (χ3n) is 4.38. The van der Waals surface area contributed by atoms with E-state index >= 15 is 0 Å². The second-order valence-corrected chi connectivity index (χ2v) is 6.63. The molecule has 0 unspecified atom stereocenters. The van der Waals surface area contributed by atoms with Crippen molar-refractivity contribution in [1.82, 2.24) is 5.43 Å². The number of esters is 1. The summed E-state index contributed by atoms with van der Waals surface area (Å²) in [5, 5.41) is 6.31. The zero-order valence-corrected chi connectivity index (χ0v) is 17.5. The number of anilines is 1. The summed E-state index contributed by atoms with van der Waals surface area (Å²) in [4.78, 5) is 36.2. The molecule has 0 spiro atoms. The quantitative estimate of drug-likeness (QED) is 0.205. The smallest absolute Gasteiger partial charge is 0.343 e. The van der Waals surface area contributed by atoms with E-state index in [-0.39, 0.29) is 5.75 Å². The van der Waals surface area contributed by atoms with E-state index in [1.807, 2.05) is 19.1 Å². The first-order valence-corrected chi connectivity index (χ1v) is 9.63. The molecule has 32 heavy (non-hydrogen) atoms. The molecule has 0 radical (unpaired) electrons. The van der Waals surface area contributed by atoms with E-state index in [1.165, 1.54) is 13.3 Å². The highest BCUT2D eigenvalue weighted by Crippen LogP contribution is 2.28. The molecule has 0 heterocycles. The molecule has 0 aliphatic carbocycles. The first kappa shape index (κ1) is 22.2. The van der Waals surface area contributed by atoms with Gasteiger partial charge in [0.2, 0.25) is 0 Å². The highest BCUT2D eigenvalue weighted by atomic mass is 16.6. The lowest BCUT2D eigenvalue weighted by atomic mass is 10.2. The van der Waals surface area contributed by atoms with Gasteiger partial charge in [-0.2, -0.15) is 5.10 Å². The number of hydrogen-bond donors (Lipinski definition) is 2. The third kappa shape index (κ3) is 5.79. The molecule has 0 fully saturated rings. The molecular formula is C24H21N3O5. The molecule has 162 valence electrons. The van der Waals surface area contributed by atoms with Gasteiger partial charge in [0.25, 0.3) is 0 Å². The summed E-state index contributed by atoms with van der Waals surface area (Å²) in [7, 11) is 1.44. The van der Waals surface area contributed by atoms with E-state index in [4.69, 9.17) is 9.47 Å². The predicted octanol–water partition coefficient (Wildman–Crippen LogP) is 3.31. The van der Waals surface area contributed by atoms with Gasteiger partial charge in [-0.15, -0.1) is 0 Å². The molecular weight excluding hydrogens is 410 g/mol. The maximum Gasteiger partial charge on any atom is 0.343 e. The monoisotopic (exact) mass is 431 g/mol. The number of rotatable bonds is 6. The van der Waals surface area contributed by atoms with Gasteiger partial charge in [-0.3, -0.25) is 9.59 Å². The third-order valence-corrected chi connectivity index (χ3v) is 4.38. The van der Waals surface area contributed by atoms with Crippen LogP contribution in [0.3, 0.4) is 0 Å². The molecule has 3 rings (SSSR count). The lowest BCUT2D eigenvalue weighted by Crippen LogP contribution is -2.32. The Balaban J connectivity index is 1.61. The van der Waals surface area contributed by atoms with Crippen molar-refractivity contribution < 1.29 is 23.9 Å². The van der Waals surface area contributed by atoms with Crippen molar-refractivity contribution in [3.05, 3.63) is 89.5 Å². The number of amides is 2. The molecule has 0 bridgehead atoms. The number of para-hydroxylation sites is 1. The summed E-state index contributed by atoms with van der Waals surface area (Å²) in [5.74, 6) is -1.72. The molecule has 0 aromatic heterocycles. The Hall–Kier alpha value is -4.46. The van der Waals surface area contributed by atoms with Gasteiger partial charge in [0.15, 0.2) is 11.5 Å². The van der Waals surface area contributed by atoms with Crippen LogP contribution in [0.2, 0.25) is 0 Å². The maximum atomic E-state index is 12.2. The molecule has 0 aliphatic heterocycles. The van der Waals surface area contributed by atoms with Gasteiger partial charge < -0.3 is 14.8 Å². The lowest BCUT2D eigenvalue weighted by molar-refractivity contribution is -0.136. The summed E-state index contributed by atoms with van der Waals surface area (Å²) >= 11 is 0. The van der Waals surface area contributed by atoms with Crippen LogP contribution in [0.5, 0.6) is 11.5 Å². The zero-order valence-electron chi connectivity index (χ0n) is 17.5. The van der Waals surface area contributed by atoms with E-state index in [1.54, 1.807) is 60.7 Å². The second kappa shape index (κ2) is 10.5. The Kier molecular flexibility index (Phi) is 7.32. The number of carbonyl (C=O) groups is 3. The van der Waals surface area contributed by atoms with Crippen LogP contribution >= 0.6 is 0 Å². The van der Waals surface area contributed by atoms with Crippen LogP contribution in [0.1, 0.15) is 21.5 Å². The fourth-order valence-corrected chi connectivity index (χ4v) is 2.69. The number of ether oxygens (including phenoxy) is 2. The van der Waals surface area contributed by atoms with Crippen LogP contribution in [0.15, 0.2) is 77.9 Å². The summed E-state index contributed by atoms with van der Waals surface area (Å²) in [6.07, 6.45) is 1.34. The van der Waals surface area contributed by atoms with E-state index < -0.39 is 17.8 Å². The minimum atomic E-state index is -0.912. The lowest BCUT2D eigenvalue weighted by Gasteiger charge is -2.10. The number of nitrogens with one attached hydrogen (secondary N) is 2. The first-order chi connectivity index (χ1) is 15.5. The van der Waals surface area contributed by atoms with Crippen LogP contribution in [-0.2, 0) is 9.59 Å². The molecule has 3 aromatic rings. The van der Waals surface area contributed by atoms with Crippen LogP contribution < -0.4 is 20.2 Å². The van der Waals surface area contributed by atoms with E-state index in [9.17, 15) is 14.4 Å². The molecule has 0 aliphatic rings. The van der Waals surface area contributed by atoms with Crippen LogP contribution in [-0.4, -0.2) is 31.1 Å². The highest BCUT2D eigenvalue weighted by molar-refractivity contribution is 6.39. The topological polar surface area (TPSA) is 106 Å². The highest BCUT2D eigenvalue weighted by Gasteiger charge is 2.14. The van der Waals surface area contributed by atoms with Crippen molar-refractivity contribution in [2.24, 2.45) is 5.10 Å². The van der Waals surface area contributed by atoms with Crippen molar-refractivity contribution in [1.29, 1.82) is 0 Å². The average molecular weight is 431 g/mol. The zero-order chi connectivity index (χ0) is 22.9. The van der Waals surface area contributed by atoms with Gasteiger partial charge in [0.05, 0.1) is 18.9 Å². The molecule has 2 N–H and O–H groups in total. The van der Waals surface area contributed by atoms with Crippen molar-refractivity contribution in [2.75, 3.05) is 12.4 Å². The van der Waals surface area contributed by atoms with Crippen LogP contribution in [0.4, 0.5) is 5.69 Å². The molecule has 8 nitrogen and oxygen atoms in total. The Bertz CT molecular complexity index is 1160. The van der Waals surface area contributed by atoms with Gasteiger partial charge in [-0.25, -0.2) is 10.2 Å². The molecule has 3 aromatic carbocycles. The predicted molar refractivity (Wildman–Crippen MR) is 120 cm³/mol. The van der Waals surface area contributed by atoms with Crippen molar-refractivity contribution in [2.45, 2.75) is 6.92 Å². The summed E-state index contributed by atoms with van der Waals surface area (Å²) in [6, 6.07) is 20.4. The Morgan fingerprint density at radius 1 is 0.875 bits per heavy atom. The van der Waals surface area contributed by atoms with Gasteiger partial charge in [0.1, 0.15) is 0 Å². The number of hydrazone groups is 1. The summed E-state index contributed by atoms with van der Waals surface area (Å²) < 4.78 is 10.7. The van der Waals surface area contributed by atoms with Gasteiger partial charge >= 0.3 is 17.8 Å². The van der Waals surface area contributed by atoms with Crippen molar-refractivity contribution in [3.8, 4) is 11.5 Å². The molecule has 8 heteroatoms. The number of carbonyl (C=O) groups excluding carboxylic acids is 3. The summed E-state index contributed by atoms with van der Waals surface area (Å²) in [5.41, 5.74) is 4.51. The van der Waals surface area contributed by atoms with Crippen LogP contribution in [0.25, 0.3) is 0 Å². The van der Waals surface area contributed by atoms with E-state index in [0.717, 1.165) is 5.56 Å². The van der Waals surface area contributed by atoms with Gasteiger partial charge in [-0.05, 0) is 54.4 Å². The van der Waals surface area contributed by atoms with Gasteiger partial charge in [0, 0.05) is 5.69 Å². The number of hydrogen-bond acceptors (Lipinski definition) is 6. The van der Waals surface area contributed by atoms with E-state index in [2.05, 4.69) is 15.8 Å². The van der Waals surface area contributed by atoms with Crippen molar-refractivity contribution >= 4 is 29.7 Å². The van der Waals surface area contributed by atoms with Crippen molar-refractivity contribution in [3.63, 3.8) is 0 Å².